The summed E-state index contributed by atoms with van der Waals surface area (Å²) in [5.41, 5.74) is -0.826. The van der Waals surface area contributed by atoms with Crippen LogP contribution in [0.2, 0.25) is 0 Å². The quantitative estimate of drug-likeness (QED) is 0.593. The van der Waals surface area contributed by atoms with Crippen LogP contribution in [-0.2, 0) is 6.18 Å². The lowest BCUT2D eigenvalue weighted by Crippen LogP contribution is -2.10. The number of aryl methyl sites for hydroxylation is 1. The second-order valence-electron chi connectivity index (χ2n) is 4.23. The molecule has 0 aliphatic heterocycles. The lowest BCUT2D eigenvalue weighted by Gasteiger charge is -2.14. The highest BCUT2D eigenvalue weighted by Crippen LogP contribution is 2.37. The van der Waals surface area contributed by atoms with Crippen LogP contribution in [0.4, 0.5) is 23.4 Å². The standard InChI is InChI=1S/C13H10F4IN3/c1-6-10(18)12(19-2)21-11(20-6)8-5-7(14)3-4-9(8)13(15,16)17/h3-5H,1-2H3,(H,19,20,21). The Morgan fingerprint density at radius 2 is 1.86 bits per heavy atom. The molecule has 0 unspecified atom stereocenters. The van der Waals surface area contributed by atoms with Crippen molar-refractivity contribution in [1.29, 1.82) is 0 Å². The van der Waals surface area contributed by atoms with Crippen LogP contribution in [0.1, 0.15) is 11.3 Å². The summed E-state index contributed by atoms with van der Waals surface area (Å²) >= 11 is 1.99. The number of hydrogen-bond acceptors (Lipinski definition) is 3. The third-order valence-electron chi connectivity index (χ3n) is 2.78. The first-order valence-electron chi connectivity index (χ1n) is 5.83. The molecule has 1 aromatic heterocycles. The fourth-order valence-electron chi connectivity index (χ4n) is 1.79. The largest absolute Gasteiger partial charge is 0.417 e. The number of halogens is 5. The molecule has 112 valence electrons. The second kappa shape index (κ2) is 5.74. The molecule has 0 saturated heterocycles. The fourth-order valence-corrected chi connectivity index (χ4v) is 2.30. The highest BCUT2D eigenvalue weighted by atomic mass is 127. The third kappa shape index (κ3) is 3.25. The summed E-state index contributed by atoms with van der Waals surface area (Å²) in [5.74, 6) is -0.539. The molecule has 0 bridgehead atoms. The Balaban J connectivity index is 2.72. The van der Waals surface area contributed by atoms with Gasteiger partial charge in [-0.25, -0.2) is 14.4 Å². The van der Waals surface area contributed by atoms with E-state index in [0.29, 0.717) is 21.1 Å². The Morgan fingerprint density at radius 3 is 2.43 bits per heavy atom. The summed E-state index contributed by atoms with van der Waals surface area (Å²) in [5, 5.41) is 2.79. The minimum absolute atomic E-state index is 0.163. The SMILES string of the molecule is CNc1nc(-c2cc(F)ccc2C(F)(F)F)nc(C)c1I. The maximum Gasteiger partial charge on any atom is 0.417 e. The molecule has 1 aromatic carbocycles. The molecule has 0 radical (unpaired) electrons. The Morgan fingerprint density at radius 1 is 1.19 bits per heavy atom. The van der Waals surface area contributed by atoms with Gasteiger partial charge in [-0.15, -0.1) is 0 Å². The maximum absolute atomic E-state index is 13.3. The molecular weight excluding hydrogens is 401 g/mol. The molecule has 0 fully saturated rings. The number of alkyl halides is 3. The van der Waals surface area contributed by atoms with Crippen LogP contribution in [0.25, 0.3) is 11.4 Å². The molecular formula is C13H10F4IN3. The molecule has 0 spiro atoms. The smallest absolute Gasteiger partial charge is 0.372 e. The summed E-state index contributed by atoms with van der Waals surface area (Å²) < 4.78 is 53.1. The van der Waals surface area contributed by atoms with Gasteiger partial charge in [-0.2, -0.15) is 13.2 Å². The molecule has 2 rings (SSSR count). The van der Waals surface area contributed by atoms with Crippen molar-refractivity contribution in [3.05, 3.63) is 38.8 Å². The van der Waals surface area contributed by atoms with Gasteiger partial charge >= 0.3 is 6.18 Å². The van der Waals surface area contributed by atoms with E-state index in [9.17, 15) is 17.6 Å². The zero-order valence-corrected chi connectivity index (χ0v) is 13.2. The summed E-state index contributed by atoms with van der Waals surface area (Å²) in [4.78, 5) is 8.08. The Bertz CT molecular complexity index is 686. The molecule has 21 heavy (non-hydrogen) atoms. The number of nitrogens with zero attached hydrogens (tertiary/aromatic N) is 2. The molecule has 2 aromatic rings. The third-order valence-corrected chi connectivity index (χ3v) is 4.07. The van der Waals surface area contributed by atoms with Crippen LogP contribution < -0.4 is 5.32 Å². The van der Waals surface area contributed by atoms with E-state index in [1.165, 1.54) is 0 Å². The van der Waals surface area contributed by atoms with Gasteiger partial charge in [-0.05, 0) is 47.7 Å². The van der Waals surface area contributed by atoms with E-state index in [0.717, 1.165) is 12.1 Å². The topological polar surface area (TPSA) is 37.8 Å². The second-order valence-corrected chi connectivity index (χ2v) is 5.31. The molecule has 8 heteroatoms. The summed E-state index contributed by atoms with van der Waals surface area (Å²) in [6.07, 6.45) is -4.61. The average Bonchev–Trinajstić information content (AvgIpc) is 2.40. The highest BCUT2D eigenvalue weighted by molar-refractivity contribution is 14.1. The van der Waals surface area contributed by atoms with E-state index in [2.05, 4.69) is 15.3 Å². The van der Waals surface area contributed by atoms with Crippen LogP contribution in [0.3, 0.4) is 0 Å². The molecule has 1 heterocycles. The van der Waals surface area contributed by atoms with Crippen molar-refractivity contribution >= 4 is 28.4 Å². The van der Waals surface area contributed by atoms with Gasteiger partial charge < -0.3 is 5.32 Å². The lowest BCUT2D eigenvalue weighted by atomic mass is 10.1. The van der Waals surface area contributed by atoms with E-state index in [1.54, 1.807) is 14.0 Å². The van der Waals surface area contributed by atoms with Gasteiger partial charge in [0.1, 0.15) is 11.6 Å². The number of hydrogen-bond donors (Lipinski definition) is 1. The molecule has 0 aliphatic carbocycles. The average molecular weight is 411 g/mol. The molecule has 0 saturated carbocycles. The van der Waals surface area contributed by atoms with Crippen molar-refractivity contribution in [2.24, 2.45) is 0 Å². The molecule has 1 N–H and O–H groups in total. The fraction of sp³-hybridized carbons (Fsp3) is 0.231. The summed E-state index contributed by atoms with van der Waals surface area (Å²) in [6, 6.07) is 2.26. The number of nitrogens with one attached hydrogen (secondary N) is 1. The number of aromatic nitrogens is 2. The van der Waals surface area contributed by atoms with Crippen LogP contribution in [0.5, 0.6) is 0 Å². The van der Waals surface area contributed by atoms with Crippen molar-refractivity contribution in [2.75, 3.05) is 12.4 Å². The van der Waals surface area contributed by atoms with E-state index in [4.69, 9.17) is 0 Å². The van der Waals surface area contributed by atoms with E-state index < -0.39 is 17.6 Å². The minimum atomic E-state index is -4.61. The van der Waals surface area contributed by atoms with Gasteiger partial charge in [-0.3, -0.25) is 0 Å². The van der Waals surface area contributed by atoms with Gasteiger partial charge in [0, 0.05) is 12.6 Å². The van der Waals surface area contributed by atoms with Gasteiger partial charge in [0.05, 0.1) is 14.8 Å². The van der Waals surface area contributed by atoms with Gasteiger partial charge in [-0.1, -0.05) is 0 Å². The molecule has 0 atom stereocenters. The van der Waals surface area contributed by atoms with Gasteiger partial charge in [0.2, 0.25) is 0 Å². The highest BCUT2D eigenvalue weighted by Gasteiger charge is 2.34. The van der Waals surface area contributed by atoms with Gasteiger partial charge in [0.15, 0.2) is 5.82 Å². The number of rotatable bonds is 2. The van der Waals surface area contributed by atoms with Crippen LogP contribution >= 0.6 is 22.6 Å². The summed E-state index contributed by atoms with van der Waals surface area (Å²) in [7, 11) is 1.60. The van der Waals surface area contributed by atoms with Crippen molar-refractivity contribution in [3.8, 4) is 11.4 Å². The van der Waals surface area contributed by atoms with Gasteiger partial charge in [0.25, 0.3) is 0 Å². The molecule has 0 amide bonds. The predicted octanol–water partition coefficient (Wildman–Crippen LogP) is 4.26. The normalized spacial score (nSPS) is 11.6. The van der Waals surface area contributed by atoms with E-state index >= 15 is 0 Å². The minimum Gasteiger partial charge on any atom is -0.372 e. The van der Waals surface area contributed by atoms with E-state index in [1.807, 2.05) is 22.6 Å². The predicted molar refractivity (Wildman–Crippen MR) is 79.4 cm³/mol. The molecule has 3 nitrogen and oxygen atoms in total. The van der Waals surface area contributed by atoms with E-state index in [-0.39, 0.29) is 11.4 Å². The van der Waals surface area contributed by atoms with Crippen LogP contribution in [0.15, 0.2) is 18.2 Å². The first-order chi connectivity index (χ1) is 9.74. The number of anilines is 1. The van der Waals surface area contributed by atoms with Crippen molar-refractivity contribution < 1.29 is 17.6 Å². The zero-order chi connectivity index (χ0) is 15.8. The summed E-state index contributed by atoms with van der Waals surface area (Å²) in [6.45, 7) is 1.65. The number of benzene rings is 1. The monoisotopic (exact) mass is 411 g/mol. The maximum atomic E-state index is 13.3. The van der Waals surface area contributed by atoms with Crippen molar-refractivity contribution in [2.45, 2.75) is 13.1 Å². The molecule has 0 aliphatic rings. The Labute approximate surface area is 131 Å². The lowest BCUT2D eigenvalue weighted by molar-refractivity contribution is -0.137. The first-order valence-corrected chi connectivity index (χ1v) is 6.91. The van der Waals surface area contributed by atoms with Crippen molar-refractivity contribution in [1.82, 2.24) is 9.97 Å². The van der Waals surface area contributed by atoms with Crippen LogP contribution in [0, 0.1) is 16.3 Å². The van der Waals surface area contributed by atoms with Crippen LogP contribution in [-0.4, -0.2) is 17.0 Å². The van der Waals surface area contributed by atoms with Crippen molar-refractivity contribution in [3.63, 3.8) is 0 Å². The first kappa shape index (κ1) is 15.9. The Hall–Kier alpha value is -1.45. The zero-order valence-electron chi connectivity index (χ0n) is 11.0. The Kier molecular flexibility index (Phi) is 4.35.